The van der Waals surface area contributed by atoms with E-state index in [0.29, 0.717) is 0 Å². The lowest BCUT2D eigenvalue weighted by Gasteiger charge is -2.36. The largest absolute Gasteiger partial charge is 0.492 e. The fraction of sp³-hybridized carbons (Fsp3) is 0.778. The molecule has 2 N–H and O–H groups in total. The number of hydrogen-bond donors (Lipinski definition) is 1. The van der Waals surface area contributed by atoms with E-state index in [0.717, 1.165) is 0 Å². The van der Waals surface area contributed by atoms with E-state index in [1.54, 1.807) is 0 Å². The maximum atomic E-state index is 12.1. The van der Waals surface area contributed by atoms with Crippen LogP contribution < -0.4 is 5.73 Å². The minimum Gasteiger partial charge on any atom is -0.435 e. The molecule has 1 heterocycles. The summed E-state index contributed by atoms with van der Waals surface area (Å²) in [4.78, 5) is 25.3. The smallest absolute Gasteiger partial charge is 0.435 e. The second-order valence-corrected chi connectivity index (χ2v) is 4.12. The predicted molar refractivity (Wildman–Crippen MR) is 52.0 cm³/mol. The first kappa shape index (κ1) is 17.5. The van der Waals surface area contributed by atoms with Crippen LogP contribution in [0.2, 0.25) is 0 Å². The zero-order valence-electron chi connectivity index (χ0n) is 10.2. The van der Waals surface area contributed by atoms with Gasteiger partial charge in [0.25, 0.3) is 0 Å². The summed E-state index contributed by atoms with van der Waals surface area (Å²) in [6, 6.07) is -1.23. The number of nitrogens with zero attached hydrogens (tertiary/aromatic N) is 1. The van der Waals surface area contributed by atoms with E-state index in [4.69, 9.17) is 5.73 Å². The number of ether oxygens (including phenoxy) is 1. The van der Waals surface area contributed by atoms with Crippen molar-refractivity contribution in [2.45, 2.75) is 37.5 Å². The van der Waals surface area contributed by atoms with Crippen LogP contribution in [0.3, 0.4) is 0 Å². The number of hydrogen-bond acceptors (Lipinski definition) is 6. The van der Waals surface area contributed by atoms with Gasteiger partial charge in [-0.2, -0.15) is 26.3 Å². The van der Waals surface area contributed by atoms with Gasteiger partial charge < -0.3 is 15.3 Å². The third kappa shape index (κ3) is 4.74. The lowest BCUT2D eigenvalue weighted by molar-refractivity contribution is -0.286. The van der Waals surface area contributed by atoms with Crippen LogP contribution >= 0.6 is 0 Å². The molecule has 122 valence electrons. The number of hydroxylamine groups is 2. The summed E-state index contributed by atoms with van der Waals surface area (Å²) in [5, 5.41) is 0.188. The monoisotopic (exact) mass is 324 g/mol. The van der Waals surface area contributed by atoms with Crippen LogP contribution in [0.1, 0.15) is 12.8 Å². The van der Waals surface area contributed by atoms with Gasteiger partial charge in [0, 0.05) is 6.54 Å². The quantitative estimate of drug-likeness (QED) is 0.599. The predicted octanol–water partition coefficient (Wildman–Crippen LogP) is 0.862. The van der Waals surface area contributed by atoms with Gasteiger partial charge in [0.1, 0.15) is 0 Å². The number of rotatable bonds is 2. The molecule has 0 amide bonds. The van der Waals surface area contributed by atoms with Gasteiger partial charge in [-0.15, -0.1) is 0 Å². The second kappa shape index (κ2) is 6.05. The fourth-order valence-corrected chi connectivity index (χ4v) is 1.54. The van der Waals surface area contributed by atoms with E-state index in [1.165, 1.54) is 0 Å². The van der Waals surface area contributed by atoms with Crippen LogP contribution in [-0.4, -0.2) is 48.2 Å². The van der Waals surface area contributed by atoms with Gasteiger partial charge in [-0.1, -0.05) is 5.06 Å². The van der Waals surface area contributed by atoms with Gasteiger partial charge in [-0.25, -0.2) is 9.59 Å². The molecular weight excluding hydrogens is 314 g/mol. The molecule has 0 aliphatic carbocycles. The Bertz CT molecular complexity index is 410. The Morgan fingerprint density at radius 3 is 2.05 bits per heavy atom. The highest BCUT2D eigenvalue weighted by atomic mass is 19.4. The van der Waals surface area contributed by atoms with Crippen molar-refractivity contribution in [2.75, 3.05) is 6.54 Å². The molecule has 1 rings (SSSR count). The van der Waals surface area contributed by atoms with E-state index in [-0.39, 0.29) is 24.4 Å². The number of esters is 1. The van der Waals surface area contributed by atoms with Crippen molar-refractivity contribution in [3.8, 4) is 0 Å². The van der Waals surface area contributed by atoms with Gasteiger partial charge in [0.15, 0.2) is 0 Å². The molecule has 0 aromatic heterocycles. The highest BCUT2D eigenvalue weighted by Gasteiger charge is 2.48. The normalized spacial score (nSPS) is 24.5. The Kier molecular flexibility index (Phi) is 5.04. The number of nitrogens with two attached hydrogens (primary N) is 1. The molecule has 0 radical (unpaired) electrons. The first-order chi connectivity index (χ1) is 9.43. The van der Waals surface area contributed by atoms with E-state index >= 15 is 0 Å². The van der Waals surface area contributed by atoms with Crippen molar-refractivity contribution < 1.29 is 45.5 Å². The topological polar surface area (TPSA) is 81.9 Å². The van der Waals surface area contributed by atoms with Crippen LogP contribution in [0.4, 0.5) is 26.3 Å². The van der Waals surface area contributed by atoms with Gasteiger partial charge >= 0.3 is 24.3 Å². The van der Waals surface area contributed by atoms with Gasteiger partial charge in [-0.05, 0) is 12.8 Å². The maximum absolute atomic E-state index is 12.1. The molecule has 6 nitrogen and oxygen atoms in total. The average molecular weight is 324 g/mol. The molecule has 0 spiro atoms. The Balaban J connectivity index is 2.80. The summed E-state index contributed by atoms with van der Waals surface area (Å²) < 4.78 is 76.4. The molecular formula is C9H10F6N2O4. The first-order valence-corrected chi connectivity index (χ1v) is 5.52. The summed E-state index contributed by atoms with van der Waals surface area (Å²) in [6.45, 7) is -0.356. The minimum atomic E-state index is -5.35. The SMILES string of the molecule is N[C@@H]1CCCN(OC(=O)C(F)(F)F)C1OC(=O)C(F)(F)F. The Labute approximate surface area is 113 Å². The fourth-order valence-electron chi connectivity index (χ4n) is 1.54. The number of carbonyl (C=O) groups is 2. The number of halogens is 6. The summed E-state index contributed by atoms with van der Waals surface area (Å²) in [7, 11) is 0. The molecule has 0 aromatic rings. The van der Waals surface area contributed by atoms with Crippen LogP contribution in [0.15, 0.2) is 0 Å². The van der Waals surface area contributed by atoms with E-state index in [1.807, 2.05) is 0 Å². The van der Waals surface area contributed by atoms with Crippen molar-refractivity contribution in [1.29, 1.82) is 0 Å². The molecule has 21 heavy (non-hydrogen) atoms. The maximum Gasteiger partial charge on any atom is 0.492 e. The number of carbonyl (C=O) groups excluding carboxylic acids is 2. The van der Waals surface area contributed by atoms with Crippen molar-refractivity contribution in [2.24, 2.45) is 5.73 Å². The summed E-state index contributed by atoms with van der Waals surface area (Å²) >= 11 is 0. The van der Waals surface area contributed by atoms with E-state index in [2.05, 4.69) is 9.57 Å². The van der Waals surface area contributed by atoms with Crippen molar-refractivity contribution in [1.82, 2.24) is 5.06 Å². The van der Waals surface area contributed by atoms with Crippen LogP contribution in [0.5, 0.6) is 0 Å². The summed E-state index contributed by atoms with van der Waals surface area (Å²) in [6.07, 6.45) is -12.4. The zero-order valence-corrected chi connectivity index (χ0v) is 10.2. The Hall–Kier alpha value is -1.56. The van der Waals surface area contributed by atoms with Gasteiger partial charge in [-0.3, -0.25) is 0 Å². The lowest BCUT2D eigenvalue weighted by Crippen LogP contribution is -2.56. The highest BCUT2D eigenvalue weighted by molar-refractivity contribution is 5.76. The van der Waals surface area contributed by atoms with Crippen molar-refractivity contribution >= 4 is 11.9 Å². The molecule has 1 fully saturated rings. The highest BCUT2D eigenvalue weighted by Crippen LogP contribution is 2.25. The third-order valence-corrected chi connectivity index (χ3v) is 2.46. The van der Waals surface area contributed by atoms with Crippen LogP contribution in [0.25, 0.3) is 0 Å². The van der Waals surface area contributed by atoms with E-state index < -0.39 is 36.6 Å². The lowest BCUT2D eigenvalue weighted by atomic mass is 10.1. The minimum absolute atomic E-state index is 0.0792. The number of piperidine rings is 1. The van der Waals surface area contributed by atoms with Crippen LogP contribution in [0, 0.1) is 0 Å². The molecule has 12 heteroatoms. The van der Waals surface area contributed by atoms with Crippen molar-refractivity contribution in [3.05, 3.63) is 0 Å². The summed E-state index contributed by atoms with van der Waals surface area (Å²) in [5.41, 5.74) is 5.39. The Morgan fingerprint density at radius 2 is 1.57 bits per heavy atom. The third-order valence-electron chi connectivity index (χ3n) is 2.46. The molecule has 1 aliphatic rings. The zero-order chi connectivity index (χ0) is 16.4. The van der Waals surface area contributed by atoms with Crippen molar-refractivity contribution in [3.63, 3.8) is 0 Å². The molecule has 1 saturated heterocycles. The van der Waals surface area contributed by atoms with E-state index in [9.17, 15) is 35.9 Å². The van der Waals surface area contributed by atoms with Gasteiger partial charge in [0.05, 0.1) is 6.04 Å². The number of alkyl halides is 6. The molecule has 0 bridgehead atoms. The molecule has 0 saturated carbocycles. The second-order valence-electron chi connectivity index (χ2n) is 4.12. The molecule has 1 aliphatic heterocycles. The van der Waals surface area contributed by atoms with Gasteiger partial charge in [0.2, 0.25) is 6.23 Å². The summed E-state index contributed by atoms with van der Waals surface area (Å²) in [5.74, 6) is -5.29. The molecule has 0 aromatic carbocycles. The average Bonchev–Trinajstić information content (AvgIpc) is 2.30. The van der Waals surface area contributed by atoms with Crippen LogP contribution in [-0.2, 0) is 19.2 Å². The molecule has 1 unspecified atom stereocenters. The first-order valence-electron chi connectivity index (χ1n) is 5.52. The standard InChI is InChI=1S/C9H10F6N2O4/c10-8(11,12)6(18)20-5-4(16)2-1-3-17(5)21-7(19)9(13,14)15/h4-5H,1-3,16H2/t4-,5?/m1/s1. The Morgan fingerprint density at radius 1 is 1.05 bits per heavy atom. The molecule has 2 atom stereocenters.